The molecule has 0 aromatic heterocycles. The number of carbonyl (C=O) groups is 2. The highest BCUT2D eigenvalue weighted by Crippen LogP contribution is 2.31. The summed E-state index contributed by atoms with van der Waals surface area (Å²) in [6, 6.07) is 7.84. The van der Waals surface area contributed by atoms with E-state index in [0.717, 1.165) is 17.8 Å². The van der Waals surface area contributed by atoms with Crippen LogP contribution in [0.1, 0.15) is 31.7 Å². The first kappa shape index (κ1) is 21.2. The maximum atomic E-state index is 11.9. The van der Waals surface area contributed by atoms with E-state index >= 15 is 0 Å². The highest BCUT2D eigenvalue weighted by atomic mass is 127. The smallest absolute Gasteiger partial charge is 0.225 e. The van der Waals surface area contributed by atoms with Gasteiger partial charge in [0.1, 0.15) is 0 Å². The molecule has 1 atom stereocenters. The van der Waals surface area contributed by atoms with Crippen LogP contribution in [0.5, 0.6) is 0 Å². The van der Waals surface area contributed by atoms with Crippen LogP contribution in [0.3, 0.4) is 0 Å². The van der Waals surface area contributed by atoms with Crippen molar-refractivity contribution in [2.75, 3.05) is 31.5 Å². The van der Waals surface area contributed by atoms with Gasteiger partial charge in [-0.15, -0.1) is 24.0 Å². The lowest BCUT2D eigenvalue weighted by atomic mass is 9.91. The molecule has 0 saturated carbocycles. The predicted octanol–water partition coefficient (Wildman–Crippen LogP) is 1.42. The van der Waals surface area contributed by atoms with Crippen LogP contribution in [-0.4, -0.2) is 44.0 Å². The molecular formula is C17H26IN5O2. The number of hydrogen-bond donors (Lipinski definition) is 4. The number of hydrogen-bond acceptors (Lipinski definition) is 3. The van der Waals surface area contributed by atoms with Gasteiger partial charge in [0, 0.05) is 44.6 Å². The van der Waals surface area contributed by atoms with Gasteiger partial charge in [-0.3, -0.25) is 14.6 Å². The van der Waals surface area contributed by atoms with E-state index in [-0.39, 0.29) is 41.7 Å². The number of carbonyl (C=O) groups excluding carboxylic acids is 2. The Labute approximate surface area is 165 Å². The van der Waals surface area contributed by atoms with Crippen molar-refractivity contribution in [3.8, 4) is 0 Å². The van der Waals surface area contributed by atoms with Crippen LogP contribution in [0.15, 0.2) is 29.3 Å². The van der Waals surface area contributed by atoms with Crippen molar-refractivity contribution >= 4 is 47.4 Å². The number of anilines is 1. The minimum Gasteiger partial charge on any atom is -0.357 e. The second-order valence-corrected chi connectivity index (χ2v) is 5.67. The quantitative estimate of drug-likeness (QED) is 0.224. The van der Waals surface area contributed by atoms with E-state index < -0.39 is 0 Å². The number of rotatable bonds is 6. The van der Waals surface area contributed by atoms with Gasteiger partial charge < -0.3 is 21.3 Å². The molecule has 0 aliphatic carbocycles. The maximum absolute atomic E-state index is 11.9. The van der Waals surface area contributed by atoms with Crippen molar-refractivity contribution < 1.29 is 9.59 Å². The van der Waals surface area contributed by atoms with Crippen LogP contribution in [0.4, 0.5) is 5.69 Å². The normalized spacial score (nSPS) is 16.2. The lowest BCUT2D eigenvalue weighted by molar-refractivity contribution is -0.119. The lowest BCUT2D eigenvalue weighted by Gasteiger charge is -2.24. The number of guanidine groups is 1. The summed E-state index contributed by atoms with van der Waals surface area (Å²) in [4.78, 5) is 27.3. The second-order valence-electron chi connectivity index (χ2n) is 5.67. The zero-order valence-corrected chi connectivity index (χ0v) is 16.9. The fourth-order valence-corrected chi connectivity index (χ4v) is 2.63. The summed E-state index contributed by atoms with van der Waals surface area (Å²) < 4.78 is 0. The molecule has 1 aliphatic heterocycles. The molecule has 0 saturated heterocycles. The average Bonchev–Trinajstić information content (AvgIpc) is 2.55. The molecule has 1 heterocycles. The molecule has 7 nitrogen and oxygen atoms in total. The summed E-state index contributed by atoms with van der Waals surface area (Å²) in [5, 5.41) is 12.0. The van der Waals surface area contributed by atoms with E-state index in [0.29, 0.717) is 32.0 Å². The van der Waals surface area contributed by atoms with Crippen LogP contribution in [-0.2, 0) is 9.59 Å². The van der Waals surface area contributed by atoms with Crippen LogP contribution in [0, 0.1) is 0 Å². The molecule has 2 rings (SSSR count). The molecule has 4 N–H and O–H groups in total. The molecule has 0 radical (unpaired) electrons. The van der Waals surface area contributed by atoms with Gasteiger partial charge in [-0.1, -0.05) is 18.2 Å². The van der Waals surface area contributed by atoms with E-state index in [4.69, 9.17) is 0 Å². The lowest BCUT2D eigenvalue weighted by Crippen LogP contribution is -2.41. The summed E-state index contributed by atoms with van der Waals surface area (Å²) in [5.41, 5.74) is 1.99. The van der Waals surface area contributed by atoms with Crippen molar-refractivity contribution in [1.82, 2.24) is 16.0 Å². The van der Waals surface area contributed by atoms with Gasteiger partial charge in [0.25, 0.3) is 0 Å². The van der Waals surface area contributed by atoms with Crippen LogP contribution in [0.25, 0.3) is 0 Å². The Balaban J connectivity index is 0.00000312. The minimum atomic E-state index is -0.0523. The van der Waals surface area contributed by atoms with E-state index in [1.165, 1.54) is 6.92 Å². The van der Waals surface area contributed by atoms with E-state index in [1.54, 1.807) is 0 Å². The maximum Gasteiger partial charge on any atom is 0.225 e. The first-order chi connectivity index (χ1) is 11.6. The topological polar surface area (TPSA) is 94.6 Å². The summed E-state index contributed by atoms with van der Waals surface area (Å²) in [7, 11) is 0. The van der Waals surface area contributed by atoms with Gasteiger partial charge in [0.2, 0.25) is 11.8 Å². The number of halogens is 1. The first-order valence-corrected chi connectivity index (χ1v) is 8.25. The molecule has 1 aromatic rings. The summed E-state index contributed by atoms with van der Waals surface area (Å²) in [6.07, 6.45) is 0.436. The van der Waals surface area contributed by atoms with E-state index in [2.05, 4.69) is 26.3 Å². The molecular weight excluding hydrogens is 433 g/mol. The van der Waals surface area contributed by atoms with Crippen molar-refractivity contribution in [3.05, 3.63) is 29.8 Å². The minimum absolute atomic E-state index is 0. The van der Waals surface area contributed by atoms with Crippen molar-refractivity contribution in [2.45, 2.75) is 26.2 Å². The monoisotopic (exact) mass is 459 g/mol. The highest BCUT2D eigenvalue weighted by molar-refractivity contribution is 14.0. The molecule has 0 spiro atoms. The molecule has 1 aromatic carbocycles. The first-order valence-electron chi connectivity index (χ1n) is 8.25. The number of nitrogens with zero attached hydrogens (tertiary/aromatic N) is 1. The number of para-hydroxylation sites is 1. The summed E-state index contributed by atoms with van der Waals surface area (Å²) >= 11 is 0. The fourth-order valence-electron chi connectivity index (χ4n) is 2.63. The second kappa shape index (κ2) is 10.9. The molecule has 138 valence electrons. The Morgan fingerprint density at radius 2 is 1.96 bits per heavy atom. The van der Waals surface area contributed by atoms with E-state index in [9.17, 15) is 9.59 Å². The Bertz CT molecular complexity index is 621. The van der Waals surface area contributed by atoms with Gasteiger partial charge >= 0.3 is 0 Å². The third kappa shape index (κ3) is 6.89. The Kier molecular flexibility index (Phi) is 9.25. The number of amides is 2. The Hall–Kier alpha value is -1.84. The van der Waals surface area contributed by atoms with Crippen LogP contribution < -0.4 is 21.3 Å². The molecule has 8 heteroatoms. The molecule has 1 aliphatic rings. The fraction of sp³-hybridized carbons (Fsp3) is 0.471. The van der Waals surface area contributed by atoms with Gasteiger partial charge in [0.05, 0.1) is 6.54 Å². The van der Waals surface area contributed by atoms with Gasteiger partial charge in [-0.25, -0.2) is 0 Å². The number of fused-ring (bicyclic) bond motifs is 1. The van der Waals surface area contributed by atoms with Crippen molar-refractivity contribution in [3.63, 3.8) is 0 Å². The summed E-state index contributed by atoms with van der Waals surface area (Å²) in [5.74, 6) is 0.730. The summed E-state index contributed by atoms with van der Waals surface area (Å²) in [6.45, 7) is 5.88. The van der Waals surface area contributed by atoms with Crippen molar-refractivity contribution in [1.29, 1.82) is 0 Å². The molecule has 1 unspecified atom stereocenters. The Morgan fingerprint density at radius 1 is 1.24 bits per heavy atom. The Morgan fingerprint density at radius 3 is 2.68 bits per heavy atom. The highest BCUT2D eigenvalue weighted by Gasteiger charge is 2.24. The van der Waals surface area contributed by atoms with Crippen molar-refractivity contribution in [2.24, 2.45) is 4.99 Å². The molecule has 25 heavy (non-hydrogen) atoms. The van der Waals surface area contributed by atoms with Crippen LogP contribution in [0.2, 0.25) is 0 Å². The molecule has 0 fully saturated rings. The third-order valence-electron chi connectivity index (χ3n) is 3.71. The SMILES string of the molecule is CCNC(=NCC1CC(=O)Nc2ccccc21)NCCNC(C)=O.I. The van der Waals surface area contributed by atoms with Gasteiger partial charge in [-0.05, 0) is 18.6 Å². The standard InChI is InChI=1S/C17H25N5O2.HI/c1-3-18-17(20-9-8-19-12(2)23)21-11-13-10-16(24)22-15-7-5-4-6-14(13)15;/h4-7,13H,3,8-11H2,1-2H3,(H,19,23)(H,22,24)(H2,18,20,21);1H. The zero-order chi connectivity index (χ0) is 17.4. The average molecular weight is 459 g/mol. The van der Waals surface area contributed by atoms with Crippen LogP contribution >= 0.6 is 24.0 Å². The largest absolute Gasteiger partial charge is 0.357 e. The van der Waals surface area contributed by atoms with Gasteiger partial charge in [-0.2, -0.15) is 0 Å². The van der Waals surface area contributed by atoms with Gasteiger partial charge in [0.15, 0.2) is 5.96 Å². The third-order valence-corrected chi connectivity index (χ3v) is 3.71. The number of aliphatic imine (C=N–C) groups is 1. The zero-order valence-electron chi connectivity index (χ0n) is 14.6. The number of nitrogens with one attached hydrogen (secondary N) is 4. The number of benzene rings is 1. The molecule has 0 bridgehead atoms. The molecule has 2 amide bonds. The van der Waals surface area contributed by atoms with E-state index in [1.807, 2.05) is 31.2 Å². The predicted molar refractivity (Wildman–Crippen MR) is 111 cm³/mol.